The Morgan fingerprint density at radius 1 is 1.25 bits per heavy atom. The molecule has 0 aromatic heterocycles. The maximum absolute atomic E-state index is 13.3. The number of hydrogen-bond donors (Lipinski definition) is 0. The summed E-state index contributed by atoms with van der Waals surface area (Å²) in [4.78, 5) is 14.4. The van der Waals surface area contributed by atoms with Gasteiger partial charge in [0.15, 0.2) is 0 Å². The van der Waals surface area contributed by atoms with Gasteiger partial charge in [-0.1, -0.05) is 12.1 Å². The summed E-state index contributed by atoms with van der Waals surface area (Å²) >= 11 is 0. The van der Waals surface area contributed by atoms with E-state index in [-0.39, 0.29) is 23.6 Å². The summed E-state index contributed by atoms with van der Waals surface area (Å²) < 4.78 is 18.6. The van der Waals surface area contributed by atoms with Gasteiger partial charge in [0.05, 0.1) is 0 Å². The first-order chi connectivity index (χ1) is 9.74. The Morgan fingerprint density at radius 3 is 2.80 bits per heavy atom. The minimum absolute atomic E-state index is 0.120. The van der Waals surface area contributed by atoms with Crippen molar-refractivity contribution in [1.29, 1.82) is 0 Å². The Balaban J connectivity index is 1.63. The van der Waals surface area contributed by atoms with Crippen molar-refractivity contribution in [2.45, 2.75) is 25.2 Å². The van der Waals surface area contributed by atoms with Crippen LogP contribution in [0.1, 0.15) is 30.7 Å². The van der Waals surface area contributed by atoms with Gasteiger partial charge in [0.1, 0.15) is 5.82 Å². The average Bonchev–Trinajstić information content (AvgIpc) is 2.97. The van der Waals surface area contributed by atoms with Crippen molar-refractivity contribution in [3.05, 3.63) is 35.6 Å². The van der Waals surface area contributed by atoms with Gasteiger partial charge in [-0.2, -0.15) is 0 Å². The van der Waals surface area contributed by atoms with Gasteiger partial charge in [0.2, 0.25) is 5.91 Å². The van der Waals surface area contributed by atoms with Crippen LogP contribution in [0.2, 0.25) is 0 Å². The van der Waals surface area contributed by atoms with E-state index in [2.05, 4.69) is 0 Å². The molecule has 2 saturated heterocycles. The van der Waals surface area contributed by atoms with E-state index in [4.69, 9.17) is 4.74 Å². The fourth-order valence-corrected chi connectivity index (χ4v) is 3.20. The van der Waals surface area contributed by atoms with Crippen molar-refractivity contribution >= 4 is 5.91 Å². The summed E-state index contributed by atoms with van der Waals surface area (Å²) in [6, 6.07) is 6.75. The third-order valence-corrected chi connectivity index (χ3v) is 4.39. The molecule has 0 spiro atoms. The lowest BCUT2D eigenvalue weighted by molar-refractivity contribution is -0.137. The quantitative estimate of drug-likeness (QED) is 0.831. The van der Waals surface area contributed by atoms with Crippen molar-refractivity contribution in [2.75, 3.05) is 26.3 Å². The molecule has 0 aliphatic carbocycles. The van der Waals surface area contributed by atoms with Crippen LogP contribution in [0.5, 0.6) is 0 Å². The maximum atomic E-state index is 13.3. The number of hydrogen-bond acceptors (Lipinski definition) is 2. The smallest absolute Gasteiger partial charge is 0.225 e. The Kier molecular flexibility index (Phi) is 4.01. The molecule has 108 valence electrons. The van der Waals surface area contributed by atoms with E-state index in [0.29, 0.717) is 13.2 Å². The molecule has 2 heterocycles. The van der Waals surface area contributed by atoms with Crippen molar-refractivity contribution < 1.29 is 13.9 Å². The molecule has 2 aliphatic heterocycles. The first-order valence-corrected chi connectivity index (χ1v) is 7.36. The van der Waals surface area contributed by atoms with E-state index in [1.54, 1.807) is 12.1 Å². The van der Waals surface area contributed by atoms with E-state index in [1.165, 1.54) is 6.07 Å². The van der Waals surface area contributed by atoms with E-state index in [1.807, 2.05) is 11.0 Å². The molecule has 0 unspecified atom stereocenters. The van der Waals surface area contributed by atoms with E-state index in [9.17, 15) is 9.18 Å². The van der Waals surface area contributed by atoms with E-state index in [0.717, 1.165) is 37.9 Å². The number of likely N-dealkylation sites (tertiary alicyclic amines) is 1. The number of benzene rings is 1. The molecule has 3 nitrogen and oxygen atoms in total. The van der Waals surface area contributed by atoms with Crippen molar-refractivity contribution in [2.24, 2.45) is 5.92 Å². The molecule has 0 radical (unpaired) electrons. The number of amides is 1. The zero-order chi connectivity index (χ0) is 13.9. The van der Waals surface area contributed by atoms with Crippen LogP contribution in [0.15, 0.2) is 24.3 Å². The molecule has 1 amide bonds. The summed E-state index contributed by atoms with van der Waals surface area (Å²) in [6.45, 7) is 2.89. The Morgan fingerprint density at radius 2 is 2.05 bits per heavy atom. The highest BCUT2D eigenvalue weighted by molar-refractivity contribution is 5.79. The minimum atomic E-state index is -0.197. The van der Waals surface area contributed by atoms with Gasteiger partial charge < -0.3 is 9.64 Å². The standard InChI is InChI=1S/C16H20FNO2/c17-15-3-1-2-13(10-15)14-4-7-18(11-14)16(19)12-5-8-20-9-6-12/h1-3,10,12,14H,4-9,11H2/t14-/m1/s1. The average molecular weight is 277 g/mol. The SMILES string of the molecule is O=C(C1CCOCC1)N1CC[C@@H](c2cccc(F)c2)C1. The lowest BCUT2D eigenvalue weighted by Gasteiger charge is -2.26. The van der Waals surface area contributed by atoms with Crippen LogP contribution < -0.4 is 0 Å². The van der Waals surface area contributed by atoms with Crippen molar-refractivity contribution in [3.63, 3.8) is 0 Å². The van der Waals surface area contributed by atoms with Crippen LogP contribution in [0.3, 0.4) is 0 Å². The number of rotatable bonds is 2. The Bertz CT molecular complexity index is 485. The van der Waals surface area contributed by atoms with Gasteiger partial charge in [-0.05, 0) is 37.0 Å². The molecule has 3 rings (SSSR count). The second-order valence-electron chi connectivity index (χ2n) is 5.71. The lowest BCUT2D eigenvalue weighted by atomic mass is 9.97. The fraction of sp³-hybridized carbons (Fsp3) is 0.562. The minimum Gasteiger partial charge on any atom is -0.381 e. The fourth-order valence-electron chi connectivity index (χ4n) is 3.20. The molecule has 1 aromatic rings. The van der Waals surface area contributed by atoms with Gasteiger partial charge in [-0.3, -0.25) is 4.79 Å². The highest BCUT2D eigenvalue weighted by atomic mass is 19.1. The number of ether oxygens (including phenoxy) is 1. The summed E-state index contributed by atoms with van der Waals surface area (Å²) in [5.41, 5.74) is 1.01. The van der Waals surface area contributed by atoms with Crippen LogP contribution in [0, 0.1) is 11.7 Å². The van der Waals surface area contributed by atoms with Crippen LogP contribution in [0.25, 0.3) is 0 Å². The summed E-state index contributed by atoms with van der Waals surface area (Å²) in [5, 5.41) is 0. The number of nitrogens with zero attached hydrogens (tertiary/aromatic N) is 1. The predicted octanol–water partition coefficient (Wildman–Crippen LogP) is 2.57. The molecule has 4 heteroatoms. The second-order valence-corrected chi connectivity index (χ2v) is 5.71. The molecular weight excluding hydrogens is 257 g/mol. The van der Waals surface area contributed by atoms with Crippen LogP contribution in [-0.4, -0.2) is 37.1 Å². The molecule has 20 heavy (non-hydrogen) atoms. The zero-order valence-corrected chi connectivity index (χ0v) is 11.6. The summed E-state index contributed by atoms with van der Waals surface area (Å²) in [6.07, 6.45) is 2.60. The highest BCUT2D eigenvalue weighted by Gasteiger charge is 2.32. The van der Waals surface area contributed by atoms with Crippen LogP contribution in [-0.2, 0) is 9.53 Å². The van der Waals surface area contributed by atoms with Crippen molar-refractivity contribution in [3.8, 4) is 0 Å². The van der Waals surface area contributed by atoms with Crippen LogP contribution >= 0.6 is 0 Å². The first-order valence-electron chi connectivity index (χ1n) is 7.36. The third kappa shape index (κ3) is 2.85. The second kappa shape index (κ2) is 5.92. The number of halogens is 1. The molecule has 1 aromatic carbocycles. The van der Waals surface area contributed by atoms with Gasteiger partial charge in [-0.25, -0.2) is 4.39 Å². The Hall–Kier alpha value is -1.42. The molecule has 1 atom stereocenters. The number of carbonyl (C=O) groups excluding carboxylic acids is 1. The molecule has 0 bridgehead atoms. The topological polar surface area (TPSA) is 29.5 Å². The summed E-state index contributed by atoms with van der Waals surface area (Å²) in [7, 11) is 0. The van der Waals surface area contributed by atoms with Crippen molar-refractivity contribution in [1.82, 2.24) is 4.90 Å². The molecule has 2 aliphatic rings. The molecule has 0 saturated carbocycles. The zero-order valence-electron chi connectivity index (χ0n) is 11.6. The predicted molar refractivity (Wildman–Crippen MR) is 73.9 cm³/mol. The van der Waals surface area contributed by atoms with Gasteiger partial charge in [-0.15, -0.1) is 0 Å². The van der Waals surface area contributed by atoms with Gasteiger partial charge in [0, 0.05) is 38.1 Å². The Labute approximate surface area is 118 Å². The maximum Gasteiger partial charge on any atom is 0.225 e. The largest absolute Gasteiger partial charge is 0.381 e. The van der Waals surface area contributed by atoms with Gasteiger partial charge >= 0.3 is 0 Å². The third-order valence-electron chi connectivity index (χ3n) is 4.39. The lowest BCUT2D eigenvalue weighted by Crippen LogP contribution is -2.37. The molecular formula is C16H20FNO2. The first kappa shape index (κ1) is 13.6. The van der Waals surface area contributed by atoms with Gasteiger partial charge in [0.25, 0.3) is 0 Å². The number of carbonyl (C=O) groups is 1. The highest BCUT2D eigenvalue weighted by Crippen LogP contribution is 2.29. The monoisotopic (exact) mass is 277 g/mol. The normalized spacial score (nSPS) is 24.1. The van der Waals surface area contributed by atoms with Crippen LogP contribution in [0.4, 0.5) is 4.39 Å². The van der Waals surface area contributed by atoms with E-state index >= 15 is 0 Å². The van der Waals surface area contributed by atoms with E-state index < -0.39 is 0 Å². The molecule has 2 fully saturated rings. The summed E-state index contributed by atoms with van der Waals surface area (Å²) in [5.74, 6) is 0.452. The molecule has 0 N–H and O–H groups in total.